The summed E-state index contributed by atoms with van der Waals surface area (Å²) in [6.45, 7) is 3.50. The Morgan fingerprint density at radius 3 is 2.85 bits per heavy atom. The Morgan fingerprint density at radius 2 is 2.04 bits per heavy atom. The average Bonchev–Trinajstić information content (AvgIpc) is 3.07. The summed E-state index contributed by atoms with van der Waals surface area (Å²) in [7, 11) is 0. The van der Waals surface area contributed by atoms with Gasteiger partial charge in [-0.25, -0.2) is 0 Å². The Bertz CT molecular complexity index is 959. The van der Waals surface area contributed by atoms with Gasteiger partial charge in [-0.05, 0) is 42.6 Å². The molecule has 0 saturated heterocycles. The molecule has 2 amide bonds. The van der Waals surface area contributed by atoms with E-state index < -0.39 is 0 Å². The maximum Gasteiger partial charge on any atom is 0.251 e. The van der Waals surface area contributed by atoms with Crippen LogP contribution in [0.4, 0.5) is 11.4 Å². The highest BCUT2D eigenvalue weighted by Gasteiger charge is 2.21. The van der Waals surface area contributed by atoms with Crippen LogP contribution in [-0.4, -0.2) is 29.9 Å². The van der Waals surface area contributed by atoms with Crippen LogP contribution in [0.1, 0.15) is 23.0 Å². The van der Waals surface area contributed by atoms with E-state index in [0.29, 0.717) is 24.3 Å². The highest BCUT2D eigenvalue weighted by Crippen LogP contribution is 2.30. The van der Waals surface area contributed by atoms with Gasteiger partial charge >= 0.3 is 0 Å². The molecule has 1 aliphatic heterocycles. The summed E-state index contributed by atoms with van der Waals surface area (Å²) in [5.41, 5.74) is 4.15. The molecule has 6 nitrogen and oxygen atoms in total. The van der Waals surface area contributed by atoms with Crippen molar-refractivity contribution in [3.8, 4) is 0 Å². The molecular weight excluding hydrogens is 328 g/mol. The lowest BCUT2D eigenvalue weighted by molar-refractivity contribution is -0.115. The molecule has 0 bridgehead atoms. The van der Waals surface area contributed by atoms with E-state index in [1.54, 1.807) is 12.1 Å². The summed E-state index contributed by atoms with van der Waals surface area (Å²) >= 11 is 0. The van der Waals surface area contributed by atoms with Crippen LogP contribution in [0.3, 0.4) is 0 Å². The fourth-order valence-electron chi connectivity index (χ4n) is 3.29. The van der Waals surface area contributed by atoms with E-state index in [9.17, 15) is 9.59 Å². The number of benzene rings is 2. The third kappa shape index (κ3) is 3.01. The van der Waals surface area contributed by atoms with Crippen molar-refractivity contribution >= 4 is 34.1 Å². The molecule has 0 unspecified atom stereocenters. The van der Waals surface area contributed by atoms with Crippen LogP contribution in [0.5, 0.6) is 0 Å². The number of hydrogen-bond donors (Lipinski definition) is 3. The predicted molar refractivity (Wildman–Crippen MR) is 102 cm³/mol. The van der Waals surface area contributed by atoms with Crippen molar-refractivity contribution in [3.05, 3.63) is 59.8 Å². The topological polar surface area (TPSA) is 77.2 Å². The summed E-state index contributed by atoms with van der Waals surface area (Å²) in [4.78, 5) is 29.6. The van der Waals surface area contributed by atoms with E-state index >= 15 is 0 Å². The molecule has 1 aliphatic rings. The van der Waals surface area contributed by atoms with Crippen LogP contribution in [-0.2, 0) is 11.3 Å². The average molecular weight is 348 g/mol. The van der Waals surface area contributed by atoms with E-state index in [1.165, 1.54) is 0 Å². The number of fused-ring (bicyclic) bond motifs is 2. The number of nitrogens with zero attached hydrogens (tertiary/aromatic N) is 1. The highest BCUT2D eigenvalue weighted by molar-refractivity contribution is 6.04. The van der Waals surface area contributed by atoms with Crippen molar-refractivity contribution in [1.82, 2.24) is 10.3 Å². The molecule has 0 radical (unpaired) electrons. The molecule has 0 atom stereocenters. The number of nitrogens with one attached hydrogen (secondary N) is 3. The van der Waals surface area contributed by atoms with Gasteiger partial charge in [-0.15, -0.1) is 0 Å². The number of anilines is 2. The lowest BCUT2D eigenvalue weighted by Gasteiger charge is -2.30. The molecule has 0 fully saturated rings. The van der Waals surface area contributed by atoms with Gasteiger partial charge in [-0.2, -0.15) is 0 Å². The first kappa shape index (κ1) is 16.2. The van der Waals surface area contributed by atoms with E-state index in [0.717, 1.165) is 28.8 Å². The maximum absolute atomic E-state index is 12.5. The van der Waals surface area contributed by atoms with Crippen LogP contribution >= 0.6 is 0 Å². The molecule has 6 heteroatoms. The largest absolute Gasteiger partial charge is 0.361 e. The molecule has 3 N–H and O–H groups in total. The van der Waals surface area contributed by atoms with Crippen LogP contribution in [0.2, 0.25) is 0 Å². The first-order chi connectivity index (χ1) is 12.6. The SMILES string of the molecule is CCN1CC(=O)Nc2cc(C(=O)NCc3cc4ccccc4[nH]3)ccc21. The van der Waals surface area contributed by atoms with Gasteiger partial charge in [0.15, 0.2) is 0 Å². The molecule has 3 aromatic rings. The van der Waals surface area contributed by atoms with Gasteiger partial charge < -0.3 is 20.5 Å². The number of amides is 2. The van der Waals surface area contributed by atoms with Crippen molar-refractivity contribution < 1.29 is 9.59 Å². The fourth-order valence-corrected chi connectivity index (χ4v) is 3.29. The second-order valence-corrected chi connectivity index (χ2v) is 6.36. The predicted octanol–water partition coefficient (Wildman–Crippen LogP) is 2.88. The Hall–Kier alpha value is -3.28. The molecule has 2 heterocycles. The van der Waals surface area contributed by atoms with Crippen molar-refractivity contribution in [2.24, 2.45) is 0 Å². The first-order valence-electron chi connectivity index (χ1n) is 8.67. The number of carbonyl (C=O) groups is 2. The second-order valence-electron chi connectivity index (χ2n) is 6.36. The van der Waals surface area contributed by atoms with E-state index in [1.807, 2.05) is 48.2 Å². The minimum absolute atomic E-state index is 0.0602. The zero-order valence-electron chi connectivity index (χ0n) is 14.5. The van der Waals surface area contributed by atoms with Gasteiger partial charge in [-0.3, -0.25) is 9.59 Å². The van der Waals surface area contributed by atoms with Gasteiger partial charge in [0.2, 0.25) is 5.91 Å². The van der Waals surface area contributed by atoms with Crippen molar-refractivity contribution in [2.75, 3.05) is 23.3 Å². The van der Waals surface area contributed by atoms with Gasteiger partial charge in [-0.1, -0.05) is 18.2 Å². The fraction of sp³-hybridized carbons (Fsp3) is 0.200. The molecular formula is C20H20N4O2. The quantitative estimate of drug-likeness (QED) is 0.678. The van der Waals surface area contributed by atoms with Gasteiger partial charge in [0.05, 0.1) is 24.5 Å². The van der Waals surface area contributed by atoms with Gasteiger partial charge in [0.25, 0.3) is 5.91 Å². The summed E-state index contributed by atoms with van der Waals surface area (Å²) in [5.74, 6) is -0.232. The number of aromatic nitrogens is 1. The monoisotopic (exact) mass is 348 g/mol. The highest BCUT2D eigenvalue weighted by atomic mass is 16.2. The van der Waals surface area contributed by atoms with Gasteiger partial charge in [0, 0.05) is 23.3 Å². The lowest BCUT2D eigenvalue weighted by atomic mass is 10.1. The number of likely N-dealkylation sites (N-methyl/N-ethyl adjacent to an activating group) is 1. The number of carbonyl (C=O) groups excluding carboxylic acids is 2. The lowest BCUT2D eigenvalue weighted by Crippen LogP contribution is -2.38. The molecule has 1 aromatic heterocycles. The smallest absolute Gasteiger partial charge is 0.251 e. The van der Waals surface area contributed by atoms with Crippen molar-refractivity contribution in [3.63, 3.8) is 0 Å². The second kappa shape index (κ2) is 6.55. The zero-order valence-corrected chi connectivity index (χ0v) is 14.5. The van der Waals surface area contributed by atoms with Crippen LogP contribution in [0, 0.1) is 0 Å². The molecule has 0 saturated carbocycles. The van der Waals surface area contributed by atoms with Crippen molar-refractivity contribution in [2.45, 2.75) is 13.5 Å². The van der Waals surface area contributed by atoms with E-state index in [2.05, 4.69) is 15.6 Å². The zero-order chi connectivity index (χ0) is 18.1. The minimum atomic E-state index is -0.172. The van der Waals surface area contributed by atoms with Crippen molar-refractivity contribution in [1.29, 1.82) is 0 Å². The Morgan fingerprint density at radius 1 is 1.19 bits per heavy atom. The Kier molecular flexibility index (Phi) is 4.08. The number of aromatic amines is 1. The molecule has 26 heavy (non-hydrogen) atoms. The summed E-state index contributed by atoms with van der Waals surface area (Å²) in [6.07, 6.45) is 0. The minimum Gasteiger partial charge on any atom is -0.361 e. The molecule has 4 rings (SSSR count). The van der Waals surface area contributed by atoms with E-state index in [-0.39, 0.29) is 11.8 Å². The molecule has 0 spiro atoms. The third-order valence-electron chi connectivity index (χ3n) is 4.61. The number of rotatable bonds is 4. The molecule has 2 aromatic carbocycles. The standard InChI is InChI=1S/C20H20N4O2/c1-2-24-12-19(25)23-17-10-14(7-8-18(17)24)20(26)21-11-15-9-13-5-3-4-6-16(13)22-15/h3-10,22H,2,11-12H2,1H3,(H,21,26)(H,23,25). The van der Waals surface area contributed by atoms with Gasteiger partial charge in [0.1, 0.15) is 0 Å². The first-order valence-corrected chi connectivity index (χ1v) is 8.67. The normalized spacial score (nSPS) is 13.4. The van der Waals surface area contributed by atoms with Crippen LogP contribution < -0.4 is 15.5 Å². The molecule has 0 aliphatic carbocycles. The summed E-state index contributed by atoms with van der Waals surface area (Å²) in [5, 5.41) is 6.89. The summed E-state index contributed by atoms with van der Waals surface area (Å²) in [6, 6.07) is 15.4. The number of para-hydroxylation sites is 1. The maximum atomic E-state index is 12.5. The Balaban J connectivity index is 1.49. The Labute approximate surface area is 151 Å². The van der Waals surface area contributed by atoms with Crippen LogP contribution in [0.25, 0.3) is 10.9 Å². The number of hydrogen-bond acceptors (Lipinski definition) is 3. The molecule has 132 valence electrons. The number of H-pyrrole nitrogens is 1. The van der Waals surface area contributed by atoms with Crippen LogP contribution in [0.15, 0.2) is 48.5 Å². The summed E-state index contributed by atoms with van der Waals surface area (Å²) < 4.78 is 0. The third-order valence-corrected chi connectivity index (χ3v) is 4.61. The van der Waals surface area contributed by atoms with E-state index in [4.69, 9.17) is 0 Å².